The molecule has 0 aromatic carbocycles. The Morgan fingerprint density at radius 1 is 1.57 bits per heavy atom. The van der Waals surface area contributed by atoms with Crippen molar-refractivity contribution in [2.75, 3.05) is 6.54 Å². The Morgan fingerprint density at radius 3 is 3.14 bits per heavy atom. The molecule has 0 radical (unpaired) electrons. The van der Waals surface area contributed by atoms with Gasteiger partial charge in [-0.1, -0.05) is 13.0 Å². The summed E-state index contributed by atoms with van der Waals surface area (Å²) in [4.78, 5) is 0. The average Bonchev–Trinajstić information content (AvgIpc) is 2.61. The minimum atomic E-state index is 0.963. The van der Waals surface area contributed by atoms with E-state index >= 15 is 0 Å². The SMILES string of the molecule is C=CCCNCc1ccn(CCC)c1. The number of hydrogen-bond acceptors (Lipinski definition) is 1. The lowest BCUT2D eigenvalue weighted by atomic mass is 10.3. The summed E-state index contributed by atoms with van der Waals surface area (Å²) in [7, 11) is 0. The second-order valence-electron chi connectivity index (χ2n) is 3.51. The van der Waals surface area contributed by atoms with Gasteiger partial charge in [0.05, 0.1) is 0 Å². The molecule has 2 heteroatoms. The monoisotopic (exact) mass is 192 g/mol. The Labute approximate surface area is 86.6 Å². The van der Waals surface area contributed by atoms with E-state index in [0.29, 0.717) is 0 Å². The third-order valence-electron chi connectivity index (χ3n) is 2.15. The van der Waals surface area contributed by atoms with Crippen LogP contribution in [0, 0.1) is 0 Å². The van der Waals surface area contributed by atoms with Crippen LogP contribution in [0.4, 0.5) is 0 Å². The van der Waals surface area contributed by atoms with Crippen LogP contribution in [0.15, 0.2) is 31.1 Å². The fraction of sp³-hybridized carbons (Fsp3) is 0.500. The van der Waals surface area contributed by atoms with Crippen molar-refractivity contribution < 1.29 is 0 Å². The van der Waals surface area contributed by atoms with E-state index in [1.807, 2.05) is 6.08 Å². The topological polar surface area (TPSA) is 17.0 Å². The largest absolute Gasteiger partial charge is 0.354 e. The van der Waals surface area contributed by atoms with E-state index in [-0.39, 0.29) is 0 Å². The first-order chi connectivity index (χ1) is 6.86. The van der Waals surface area contributed by atoms with Gasteiger partial charge in [-0.2, -0.15) is 0 Å². The van der Waals surface area contributed by atoms with Gasteiger partial charge in [-0.15, -0.1) is 6.58 Å². The Kier molecular flexibility index (Phi) is 5.08. The number of aromatic nitrogens is 1. The molecular formula is C12H20N2. The molecule has 1 rings (SSSR count). The van der Waals surface area contributed by atoms with Crippen molar-refractivity contribution in [2.45, 2.75) is 32.9 Å². The molecule has 0 saturated heterocycles. The predicted octanol–water partition coefficient (Wildman–Crippen LogP) is 2.56. The Balaban J connectivity index is 2.25. The van der Waals surface area contributed by atoms with Gasteiger partial charge in [0.15, 0.2) is 0 Å². The molecule has 0 aliphatic heterocycles. The zero-order valence-electron chi connectivity index (χ0n) is 9.00. The molecule has 0 unspecified atom stereocenters. The number of rotatable bonds is 7. The zero-order valence-corrected chi connectivity index (χ0v) is 9.00. The van der Waals surface area contributed by atoms with E-state index in [9.17, 15) is 0 Å². The number of nitrogens with one attached hydrogen (secondary N) is 1. The fourth-order valence-electron chi connectivity index (χ4n) is 1.43. The standard InChI is InChI=1S/C12H20N2/c1-3-5-7-13-10-12-6-9-14(11-12)8-4-2/h3,6,9,11,13H,1,4-5,7-8,10H2,2H3. The molecule has 0 aliphatic rings. The van der Waals surface area contributed by atoms with E-state index < -0.39 is 0 Å². The fourth-order valence-corrected chi connectivity index (χ4v) is 1.43. The third kappa shape index (κ3) is 3.79. The summed E-state index contributed by atoms with van der Waals surface area (Å²) < 4.78 is 2.24. The summed E-state index contributed by atoms with van der Waals surface area (Å²) in [5.74, 6) is 0. The van der Waals surface area contributed by atoms with Gasteiger partial charge in [-0.25, -0.2) is 0 Å². The first-order valence-corrected chi connectivity index (χ1v) is 5.33. The molecule has 0 bridgehead atoms. The third-order valence-corrected chi connectivity index (χ3v) is 2.15. The molecule has 0 aliphatic carbocycles. The van der Waals surface area contributed by atoms with Gasteiger partial charge in [0.2, 0.25) is 0 Å². The average molecular weight is 192 g/mol. The van der Waals surface area contributed by atoms with Crippen LogP contribution in [-0.4, -0.2) is 11.1 Å². The molecule has 1 aromatic heterocycles. The summed E-state index contributed by atoms with van der Waals surface area (Å²) in [5, 5.41) is 3.37. The molecule has 0 saturated carbocycles. The molecule has 2 nitrogen and oxygen atoms in total. The summed E-state index contributed by atoms with van der Waals surface area (Å²) in [6.07, 6.45) is 8.53. The van der Waals surface area contributed by atoms with Gasteiger partial charge in [0.1, 0.15) is 0 Å². The van der Waals surface area contributed by atoms with Crippen molar-refractivity contribution in [3.63, 3.8) is 0 Å². The molecule has 1 aromatic rings. The lowest BCUT2D eigenvalue weighted by molar-refractivity contribution is 0.669. The number of aryl methyl sites for hydroxylation is 1. The van der Waals surface area contributed by atoms with Crippen LogP contribution in [0.1, 0.15) is 25.3 Å². The summed E-state index contributed by atoms with van der Waals surface area (Å²) in [5.41, 5.74) is 1.36. The predicted molar refractivity (Wildman–Crippen MR) is 61.2 cm³/mol. The van der Waals surface area contributed by atoms with Crippen molar-refractivity contribution in [2.24, 2.45) is 0 Å². The highest BCUT2D eigenvalue weighted by molar-refractivity contribution is 5.09. The van der Waals surface area contributed by atoms with E-state index in [1.54, 1.807) is 0 Å². The van der Waals surface area contributed by atoms with E-state index in [1.165, 1.54) is 12.0 Å². The second kappa shape index (κ2) is 6.44. The first kappa shape index (κ1) is 11.1. The van der Waals surface area contributed by atoms with Crippen molar-refractivity contribution in [3.05, 3.63) is 36.7 Å². The lowest BCUT2D eigenvalue weighted by Gasteiger charge is -2.00. The molecule has 0 amide bonds. The highest BCUT2D eigenvalue weighted by atomic mass is 14.9. The highest BCUT2D eigenvalue weighted by Gasteiger charge is 1.94. The van der Waals surface area contributed by atoms with Crippen LogP contribution in [-0.2, 0) is 13.1 Å². The molecule has 1 heterocycles. The maximum Gasteiger partial charge on any atom is 0.0220 e. The molecule has 0 fully saturated rings. The number of nitrogens with zero attached hydrogens (tertiary/aromatic N) is 1. The van der Waals surface area contributed by atoms with Crippen LogP contribution in [0.3, 0.4) is 0 Å². The Morgan fingerprint density at radius 2 is 2.43 bits per heavy atom. The second-order valence-corrected chi connectivity index (χ2v) is 3.51. The van der Waals surface area contributed by atoms with Crippen LogP contribution in [0.25, 0.3) is 0 Å². The molecular weight excluding hydrogens is 172 g/mol. The van der Waals surface area contributed by atoms with E-state index in [4.69, 9.17) is 0 Å². The summed E-state index contributed by atoms with van der Waals surface area (Å²) >= 11 is 0. The van der Waals surface area contributed by atoms with Gasteiger partial charge < -0.3 is 9.88 Å². The van der Waals surface area contributed by atoms with E-state index in [2.05, 4.69) is 41.8 Å². The number of hydrogen-bond donors (Lipinski definition) is 1. The Bertz CT molecular complexity index is 263. The van der Waals surface area contributed by atoms with Crippen molar-refractivity contribution >= 4 is 0 Å². The highest BCUT2D eigenvalue weighted by Crippen LogP contribution is 2.01. The van der Waals surface area contributed by atoms with Gasteiger partial charge in [0, 0.05) is 25.5 Å². The van der Waals surface area contributed by atoms with Gasteiger partial charge in [-0.3, -0.25) is 0 Å². The molecule has 14 heavy (non-hydrogen) atoms. The van der Waals surface area contributed by atoms with Gasteiger partial charge in [-0.05, 0) is 31.0 Å². The molecule has 78 valence electrons. The maximum atomic E-state index is 3.69. The van der Waals surface area contributed by atoms with Crippen LogP contribution in [0.5, 0.6) is 0 Å². The maximum absolute atomic E-state index is 3.69. The van der Waals surface area contributed by atoms with Crippen molar-refractivity contribution in [3.8, 4) is 0 Å². The summed E-state index contributed by atoms with van der Waals surface area (Å²) in [6, 6.07) is 2.18. The van der Waals surface area contributed by atoms with Crippen LogP contribution in [0.2, 0.25) is 0 Å². The van der Waals surface area contributed by atoms with Gasteiger partial charge >= 0.3 is 0 Å². The van der Waals surface area contributed by atoms with Crippen LogP contribution >= 0.6 is 0 Å². The normalized spacial score (nSPS) is 10.4. The van der Waals surface area contributed by atoms with Crippen LogP contribution < -0.4 is 5.32 Å². The van der Waals surface area contributed by atoms with Crippen molar-refractivity contribution in [1.29, 1.82) is 0 Å². The van der Waals surface area contributed by atoms with Gasteiger partial charge in [0.25, 0.3) is 0 Å². The Hall–Kier alpha value is -1.02. The lowest BCUT2D eigenvalue weighted by Crippen LogP contribution is -2.13. The zero-order chi connectivity index (χ0) is 10.2. The smallest absolute Gasteiger partial charge is 0.0220 e. The minimum Gasteiger partial charge on any atom is -0.354 e. The molecule has 1 N–H and O–H groups in total. The minimum absolute atomic E-state index is 0.963. The van der Waals surface area contributed by atoms with Crippen molar-refractivity contribution in [1.82, 2.24) is 9.88 Å². The quantitative estimate of drug-likeness (QED) is 0.519. The first-order valence-electron chi connectivity index (χ1n) is 5.33. The molecule has 0 atom stereocenters. The summed E-state index contributed by atoms with van der Waals surface area (Å²) in [6.45, 7) is 8.98. The molecule has 0 spiro atoms. The van der Waals surface area contributed by atoms with E-state index in [0.717, 1.165) is 26.1 Å².